The first kappa shape index (κ1) is 21.1. The van der Waals surface area contributed by atoms with Crippen molar-refractivity contribution in [2.24, 2.45) is 0 Å². The maximum Gasteiger partial charge on any atom is 0.400 e. The number of alkyl halides is 3. The summed E-state index contributed by atoms with van der Waals surface area (Å²) in [4.78, 5) is 20.4. The Balaban J connectivity index is 1.83. The van der Waals surface area contributed by atoms with E-state index in [9.17, 15) is 26.6 Å². The lowest BCUT2D eigenvalue weighted by Crippen LogP contribution is -2.21. The normalized spacial score (nSPS) is 12.9. The molecule has 4 aromatic rings. The molecular formula is C18H10ClF4N5O2S. The van der Waals surface area contributed by atoms with Gasteiger partial charge in [-0.1, -0.05) is 11.6 Å². The van der Waals surface area contributed by atoms with Crippen molar-refractivity contribution in [2.75, 3.05) is 5.75 Å². The van der Waals surface area contributed by atoms with Crippen molar-refractivity contribution >= 4 is 33.4 Å². The van der Waals surface area contributed by atoms with E-state index in [-0.39, 0.29) is 11.0 Å². The zero-order valence-electron chi connectivity index (χ0n) is 15.2. The predicted octanol–water partition coefficient (Wildman–Crippen LogP) is 3.43. The van der Waals surface area contributed by atoms with Gasteiger partial charge < -0.3 is 0 Å². The molecule has 0 amide bonds. The van der Waals surface area contributed by atoms with Crippen LogP contribution in [-0.2, 0) is 10.8 Å². The first-order chi connectivity index (χ1) is 14.6. The molecule has 0 radical (unpaired) electrons. The lowest BCUT2D eigenvalue weighted by atomic mass is 10.3. The zero-order chi connectivity index (χ0) is 22.3. The summed E-state index contributed by atoms with van der Waals surface area (Å²) >= 11 is 5.80. The molecule has 4 rings (SSSR count). The molecule has 0 aliphatic heterocycles. The van der Waals surface area contributed by atoms with Gasteiger partial charge in [0.2, 0.25) is 0 Å². The summed E-state index contributed by atoms with van der Waals surface area (Å²) in [5.41, 5.74) is -0.549. The molecule has 0 saturated carbocycles. The summed E-state index contributed by atoms with van der Waals surface area (Å²) in [6, 6.07) is 4.91. The van der Waals surface area contributed by atoms with Crippen LogP contribution in [0.3, 0.4) is 0 Å². The fourth-order valence-electron chi connectivity index (χ4n) is 2.80. The maximum atomic E-state index is 14.5. The number of benzene rings is 1. The first-order valence-corrected chi connectivity index (χ1v) is 10.2. The monoisotopic (exact) mass is 471 g/mol. The van der Waals surface area contributed by atoms with E-state index in [2.05, 4.69) is 15.1 Å². The highest BCUT2D eigenvalue weighted by molar-refractivity contribution is 7.85. The van der Waals surface area contributed by atoms with Crippen LogP contribution < -0.4 is 5.56 Å². The van der Waals surface area contributed by atoms with Gasteiger partial charge in [0.05, 0.1) is 38.3 Å². The number of aromatic nitrogens is 5. The Morgan fingerprint density at radius 1 is 1.23 bits per heavy atom. The van der Waals surface area contributed by atoms with Crippen molar-refractivity contribution in [1.29, 1.82) is 0 Å². The fourth-order valence-corrected chi connectivity index (χ4v) is 4.18. The van der Waals surface area contributed by atoms with E-state index < -0.39 is 49.7 Å². The molecule has 1 unspecified atom stereocenters. The van der Waals surface area contributed by atoms with E-state index in [1.54, 1.807) is 18.3 Å². The summed E-state index contributed by atoms with van der Waals surface area (Å²) in [5.74, 6) is -2.66. The Morgan fingerprint density at radius 2 is 2.00 bits per heavy atom. The molecule has 1 atom stereocenters. The van der Waals surface area contributed by atoms with E-state index >= 15 is 0 Å². The second kappa shape index (κ2) is 7.85. The van der Waals surface area contributed by atoms with Crippen molar-refractivity contribution in [1.82, 2.24) is 24.3 Å². The van der Waals surface area contributed by atoms with Gasteiger partial charge in [-0.3, -0.25) is 18.6 Å². The number of rotatable bonds is 4. The molecule has 0 fully saturated rings. The number of hydrogen-bond acceptors (Lipinski definition) is 5. The van der Waals surface area contributed by atoms with Crippen molar-refractivity contribution < 1.29 is 21.8 Å². The third-order valence-corrected chi connectivity index (χ3v) is 5.99. The molecule has 0 aliphatic rings. The van der Waals surface area contributed by atoms with Gasteiger partial charge in [0.25, 0.3) is 5.56 Å². The molecule has 0 spiro atoms. The smallest absolute Gasteiger partial charge is 0.268 e. The van der Waals surface area contributed by atoms with Crippen LogP contribution in [0.1, 0.15) is 0 Å². The lowest BCUT2D eigenvalue weighted by Gasteiger charge is -2.12. The maximum absolute atomic E-state index is 14.5. The Morgan fingerprint density at radius 3 is 2.68 bits per heavy atom. The van der Waals surface area contributed by atoms with Gasteiger partial charge in [0.15, 0.2) is 5.65 Å². The van der Waals surface area contributed by atoms with Gasteiger partial charge in [-0.05, 0) is 24.3 Å². The number of fused-ring (bicyclic) bond motifs is 1. The molecule has 31 heavy (non-hydrogen) atoms. The Kier molecular flexibility index (Phi) is 5.35. The van der Waals surface area contributed by atoms with Crippen LogP contribution in [-0.4, -0.2) is 40.5 Å². The summed E-state index contributed by atoms with van der Waals surface area (Å²) in [6.07, 6.45) is 0.691. The second-order valence-corrected chi connectivity index (χ2v) is 8.11. The van der Waals surface area contributed by atoms with Gasteiger partial charge >= 0.3 is 6.18 Å². The van der Waals surface area contributed by atoms with Gasteiger partial charge in [-0.2, -0.15) is 13.2 Å². The Labute approximate surface area is 178 Å². The lowest BCUT2D eigenvalue weighted by molar-refractivity contribution is -0.105. The summed E-state index contributed by atoms with van der Waals surface area (Å²) in [7, 11) is -2.59. The van der Waals surface area contributed by atoms with E-state index in [4.69, 9.17) is 11.6 Å². The standard InChI is InChI=1S/C18H10ClF4N5O2S/c19-12-4-13(20)14(5-15(12)31(30)8-18(21,22)23)27-9-25-16-11(17(27)29)7-28(26-16)10-2-1-3-24-6-10/h1-7,9H,8H2. The van der Waals surface area contributed by atoms with Crippen LogP contribution in [0.15, 0.2) is 58.9 Å². The number of pyridine rings is 1. The minimum Gasteiger partial charge on any atom is -0.268 e. The zero-order valence-corrected chi connectivity index (χ0v) is 16.7. The molecule has 13 heteroatoms. The van der Waals surface area contributed by atoms with Crippen molar-refractivity contribution in [3.8, 4) is 11.4 Å². The number of halogens is 5. The summed E-state index contributed by atoms with van der Waals surface area (Å²) < 4.78 is 66.6. The average molecular weight is 472 g/mol. The van der Waals surface area contributed by atoms with Crippen LogP contribution in [0, 0.1) is 5.82 Å². The number of nitrogens with zero attached hydrogens (tertiary/aromatic N) is 5. The van der Waals surface area contributed by atoms with Gasteiger partial charge in [-0.25, -0.2) is 14.1 Å². The first-order valence-electron chi connectivity index (χ1n) is 8.46. The molecule has 160 valence electrons. The van der Waals surface area contributed by atoms with E-state index in [1.165, 1.54) is 17.1 Å². The molecule has 1 aromatic carbocycles. The summed E-state index contributed by atoms with van der Waals surface area (Å²) in [6.45, 7) is 0. The SMILES string of the molecule is O=c1c2cn(-c3cccnc3)nc2ncn1-c1cc(S(=O)CC(F)(F)F)c(Cl)cc1F. The molecule has 0 N–H and O–H groups in total. The third-order valence-electron chi connectivity index (χ3n) is 4.15. The topological polar surface area (TPSA) is 82.7 Å². The molecule has 0 saturated heterocycles. The van der Waals surface area contributed by atoms with Crippen LogP contribution in [0.2, 0.25) is 5.02 Å². The van der Waals surface area contributed by atoms with Gasteiger partial charge in [0, 0.05) is 12.4 Å². The van der Waals surface area contributed by atoms with E-state index in [0.29, 0.717) is 11.8 Å². The predicted molar refractivity (Wildman–Crippen MR) is 105 cm³/mol. The molecular weight excluding hydrogens is 462 g/mol. The summed E-state index contributed by atoms with van der Waals surface area (Å²) in [5, 5.41) is 3.74. The molecule has 7 nitrogen and oxygen atoms in total. The quantitative estimate of drug-likeness (QED) is 0.426. The molecule has 3 heterocycles. The minimum atomic E-state index is -4.72. The second-order valence-electron chi connectivity index (χ2n) is 6.28. The van der Waals surface area contributed by atoms with E-state index in [0.717, 1.165) is 17.0 Å². The minimum absolute atomic E-state index is 0.0265. The average Bonchev–Trinajstić information content (AvgIpc) is 3.14. The number of hydrogen-bond donors (Lipinski definition) is 0. The van der Waals surface area contributed by atoms with Crippen LogP contribution in [0.4, 0.5) is 17.6 Å². The van der Waals surface area contributed by atoms with E-state index in [1.807, 2.05) is 0 Å². The van der Waals surface area contributed by atoms with Gasteiger partial charge in [0.1, 0.15) is 23.3 Å². The van der Waals surface area contributed by atoms with Crippen LogP contribution >= 0.6 is 11.6 Å². The Hall–Kier alpha value is -3.12. The van der Waals surface area contributed by atoms with Crippen LogP contribution in [0.25, 0.3) is 22.4 Å². The molecule has 0 aliphatic carbocycles. The Bertz CT molecular complexity index is 1370. The van der Waals surface area contributed by atoms with Crippen LogP contribution in [0.5, 0.6) is 0 Å². The highest BCUT2D eigenvalue weighted by Crippen LogP contribution is 2.28. The highest BCUT2D eigenvalue weighted by atomic mass is 35.5. The molecule has 3 aromatic heterocycles. The van der Waals surface area contributed by atoms with Crippen molar-refractivity contribution in [2.45, 2.75) is 11.1 Å². The molecule has 0 bridgehead atoms. The van der Waals surface area contributed by atoms with Crippen molar-refractivity contribution in [3.05, 3.63) is 70.4 Å². The van der Waals surface area contributed by atoms with Gasteiger partial charge in [-0.15, -0.1) is 5.10 Å². The highest BCUT2D eigenvalue weighted by Gasteiger charge is 2.32. The largest absolute Gasteiger partial charge is 0.400 e. The fraction of sp³-hybridized carbons (Fsp3) is 0.111. The third kappa shape index (κ3) is 4.21. The van der Waals surface area contributed by atoms with Crippen molar-refractivity contribution in [3.63, 3.8) is 0 Å².